The summed E-state index contributed by atoms with van der Waals surface area (Å²) < 4.78 is 5.29. The molecule has 6 heteroatoms. The molecule has 1 N–H and O–H groups in total. The molecule has 1 aromatic rings. The zero-order valence-corrected chi connectivity index (χ0v) is 12.7. The number of nitrogens with zero attached hydrogens (tertiary/aromatic N) is 3. The Bertz CT molecular complexity index is 482. The van der Waals surface area contributed by atoms with E-state index in [-0.39, 0.29) is 17.8 Å². The molecule has 2 aliphatic rings. The topological polar surface area (TPSA) is 71.3 Å². The van der Waals surface area contributed by atoms with Gasteiger partial charge in [0, 0.05) is 12.6 Å². The quantitative estimate of drug-likeness (QED) is 0.925. The van der Waals surface area contributed by atoms with Crippen molar-refractivity contribution in [1.29, 1.82) is 0 Å². The van der Waals surface area contributed by atoms with Crippen LogP contribution < -0.4 is 5.32 Å². The Balaban J connectivity index is 1.73. The van der Waals surface area contributed by atoms with E-state index >= 15 is 0 Å². The SMILES string of the molecule is CCC1CCCCCN1C(=O)c1noc(C2CCCN2)n1. The molecule has 1 amide bonds. The van der Waals surface area contributed by atoms with Crippen LogP contribution in [0.15, 0.2) is 4.52 Å². The van der Waals surface area contributed by atoms with Crippen molar-refractivity contribution in [3.8, 4) is 0 Å². The zero-order valence-electron chi connectivity index (χ0n) is 12.7. The number of hydrogen-bond acceptors (Lipinski definition) is 5. The average Bonchev–Trinajstić information content (AvgIpc) is 3.13. The molecule has 2 aliphatic heterocycles. The Labute approximate surface area is 125 Å². The number of rotatable bonds is 3. The van der Waals surface area contributed by atoms with Crippen LogP contribution in [0.2, 0.25) is 0 Å². The second-order valence-corrected chi connectivity index (χ2v) is 6.02. The molecule has 6 nitrogen and oxygen atoms in total. The number of carbonyl (C=O) groups excluding carboxylic acids is 1. The van der Waals surface area contributed by atoms with Crippen molar-refractivity contribution in [3.63, 3.8) is 0 Å². The van der Waals surface area contributed by atoms with Crippen molar-refractivity contribution in [3.05, 3.63) is 11.7 Å². The standard InChI is InChI=1S/C15H24N4O2/c1-2-11-7-4-3-5-10-19(11)15(20)13-17-14(21-18-13)12-8-6-9-16-12/h11-12,16H,2-10H2,1H3. The van der Waals surface area contributed by atoms with Gasteiger partial charge in [-0.3, -0.25) is 4.79 Å². The van der Waals surface area contributed by atoms with Gasteiger partial charge >= 0.3 is 0 Å². The van der Waals surface area contributed by atoms with Crippen molar-refractivity contribution in [2.24, 2.45) is 0 Å². The van der Waals surface area contributed by atoms with Crippen LogP contribution >= 0.6 is 0 Å². The molecule has 116 valence electrons. The number of aromatic nitrogens is 2. The third kappa shape index (κ3) is 3.10. The van der Waals surface area contributed by atoms with E-state index in [0.29, 0.717) is 11.9 Å². The van der Waals surface area contributed by atoms with Crippen LogP contribution in [0.4, 0.5) is 0 Å². The maximum Gasteiger partial charge on any atom is 0.295 e. The molecule has 3 rings (SSSR count). The van der Waals surface area contributed by atoms with Crippen LogP contribution in [0.3, 0.4) is 0 Å². The van der Waals surface area contributed by atoms with Gasteiger partial charge in [0.1, 0.15) is 0 Å². The molecule has 2 saturated heterocycles. The Kier molecular flexibility index (Phi) is 4.53. The first-order valence-corrected chi connectivity index (χ1v) is 8.17. The number of hydrogen-bond donors (Lipinski definition) is 1. The summed E-state index contributed by atoms with van der Waals surface area (Å²) in [5.41, 5.74) is 0. The molecule has 2 unspecified atom stereocenters. The van der Waals surface area contributed by atoms with E-state index in [2.05, 4.69) is 22.4 Å². The van der Waals surface area contributed by atoms with Gasteiger partial charge in [-0.2, -0.15) is 4.98 Å². The van der Waals surface area contributed by atoms with Crippen molar-refractivity contribution in [1.82, 2.24) is 20.4 Å². The summed E-state index contributed by atoms with van der Waals surface area (Å²) in [6.45, 7) is 3.92. The second-order valence-electron chi connectivity index (χ2n) is 6.02. The zero-order chi connectivity index (χ0) is 14.7. The van der Waals surface area contributed by atoms with Gasteiger partial charge in [-0.05, 0) is 38.6 Å². The highest BCUT2D eigenvalue weighted by atomic mass is 16.5. The van der Waals surface area contributed by atoms with Gasteiger partial charge < -0.3 is 14.7 Å². The van der Waals surface area contributed by atoms with Crippen LogP contribution in [-0.4, -0.2) is 40.1 Å². The van der Waals surface area contributed by atoms with E-state index in [1.54, 1.807) is 0 Å². The molecular formula is C15H24N4O2. The minimum Gasteiger partial charge on any atom is -0.337 e. The predicted octanol–water partition coefficient (Wildman–Crippen LogP) is 2.29. The van der Waals surface area contributed by atoms with Gasteiger partial charge in [-0.15, -0.1) is 0 Å². The predicted molar refractivity (Wildman–Crippen MR) is 77.9 cm³/mol. The molecule has 0 aromatic carbocycles. The summed E-state index contributed by atoms with van der Waals surface area (Å²) in [5.74, 6) is 0.703. The molecule has 21 heavy (non-hydrogen) atoms. The smallest absolute Gasteiger partial charge is 0.295 e. The van der Waals surface area contributed by atoms with Gasteiger partial charge in [0.15, 0.2) is 0 Å². The van der Waals surface area contributed by atoms with Gasteiger partial charge in [0.05, 0.1) is 6.04 Å². The summed E-state index contributed by atoms with van der Waals surface area (Å²) >= 11 is 0. The number of carbonyl (C=O) groups is 1. The number of nitrogens with one attached hydrogen (secondary N) is 1. The molecule has 0 radical (unpaired) electrons. The number of likely N-dealkylation sites (tertiary alicyclic amines) is 1. The molecule has 0 aliphatic carbocycles. The first-order valence-electron chi connectivity index (χ1n) is 8.17. The Morgan fingerprint density at radius 1 is 1.33 bits per heavy atom. The molecule has 0 saturated carbocycles. The Morgan fingerprint density at radius 2 is 2.24 bits per heavy atom. The average molecular weight is 292 g/mol. The third-order valence-electron chi connectivity index (χ3n) is 4.60. The van der Waals surface area contributed by atoms with Gasteiger partial charge in [-0.25, -0.2) is 0 Å². The number of amides is 1. The van der Waals surface area contributed by atoms with E-state index in [1.165, 1.54) is 12.8 Å². The monoisotopic (exact) mass is 292 g/mol. The fourth-order valence-corrected chi connectivity index (χ4v) is 3.36. The van der Waals surface area contributed by atoms with Crippen LogP contribution in [0.25, 0.3) is 0 Å². The van der Waals surface area contributed by atoms with Gasteiger partial charge in [0.2, 0.25) is 5.89 Å². The fraction of sp³-hybridized carbons (Fsp3) is 0.800. The van der Waals surface area contributed by atoms with Gasteiger partial charge in [-0.1, -0.05) is 24.9 Å². The maximum atomic E-state index is 12.7. The summed E-state index contributed by atoms with van der Waals surface area (Å²) in [6, 6.07) is 0.428. The maximum absolute atomic E-state index is 12.7. The van der Waals surface area contributed by atoms with Crippen molar-refractivity contribution < 1.29 is 9.32 Å². The van der Waals surface area contributed by atoms with Crippen LogP contribution in [0.5, 0.6) is 0 Å². The molecule has 2 atom stereocenters. The van der Waals surface area contributed by atoms with Crippen LogP contribution in [0, 0.1) is 0 Å². The fourth-order valence-electron chi connectivity index (χ4n) is 3.36. The molecule has 1 aromatic heterocycles. The minimum atomic E-state index is -0.0725. The molecule has 2 fully saturated rings. The third-order valence-corrected chi connectivity index (χ3v) is 4.60. The Morgan fingerprint density at radius 3 is 3.00 bits per heavy atom. The first kappa shape index (κ1) is 14.5. The summed E-state index contributed by atoms with van der Waals surface area (Å²) in [5, 5.41) is 7.23. The molecule has 0 bridgehead atoms. The lowest BCUT2D eigenvalue weighted by molar-refractivity contribution is 0.0662. The van der Waals surface area contributed by atoms with Crippen molar-refractivity contribution in [2.45, 2.75) is 64.0 Å². The molecule has 0 spiro atoms. The second kappa shape index (κ2) is 6.56. The minimum absolute atomic E-state index is 0.0725. The van der Waals surface area contributed by atoms with Crippen molar-refractivity contribution in [2.75, 3.05) is 13.1 Å². The highest BCUT2D eigenvalue weighted by molar-refractivity contribution is 5.90. The van der Waals surface area contributed by atoms with Gasteiger partial charge in [0.25, 0.3) is 11.7 Å². The van der Waals surface area contributed by atoms with E-state index in [1.807, 2.05) is 4.90 Å². The molecular weight excluding hydrogens is 268 g/mol. The lowest BCUT2D eigenvalue weighted by Crippen LogP contribution is -2.40. The van der Waals surface area contributed by atoms with E-state index in [9.17, 15) is 4.79 Å². The lowest BCUT2D eigenvalue weighted by Gasteiger charge is -2.27. The van der Waals surface area contributed by atoms with E-state index in [0.717, 1.165) is 45.2 Å². The lowest BCUT2D eigenvalue weighted by atomic mass is 10.1. The summed E-state index contributed by atoms with van der Waals surface area (Å²) in [6.07, 6.45) is 7.64. The highest BCUT2D eigenvalue weighted by Gasteiger charge is 2.30. The van der Waals surface area contributed by atoms with E-state index < -0.39 is 0 Å². The summed E-state index contributed by atoms with van der Waals surface area (Å²) in [7, 11) is 0. The largest absolute Gasteiger partial charge is 0.337 e. The normalized spacial score (nSPS) is 26.8. The van der Waals surface area contributed by atoms with Crippen LogP contribution in [0.1, 0.15) is 74.4 Å². The Hall–Kier alpha value is -1.43. The van der Waals surface area contributed by atoms with Crippen LogP contribution in [-0.2, 0) is 0 Å². The summed E-state index contributed by atoms with van der Waals surface area (Å²) in [4.78, 5) is 19.0. The van der Waals surface area contributed by atoms with Crippen molar-refractivity contribution >= 4 is 5.91 Å². The first-order chi connectivity index (χ1) is 10.3. The highest BCUT2D eigenvalue weighted by Crippen LogP contribution is 2.23. The molecule has 3 heterocycles. The van der Waals surface area contributed by atoms with E-state index in [4.69, 9.17) is 4.52 Å².